The second kappa shape index (κ2) is 3.39. The minimum atomic E-state index is -0.756. The molecule has 0 aliphatic carbocycles. The molecule has 0 radical (unpaired) electrons. The van der Waals surface area contributed by atoms with Crippen LogP contribution in [0.1, 0.15) is 0 Å². The van der Waals surface area contributed by atoms with Crippen molar-refractivity contribution < 1.29 is 9.90 Å². The molecule has 0 aliphatic heterocycles. The number of primary amides is 1. The highest BCUT2D eigenvalue weighted by Gasteiger charge is 1.95. The molecule has 0 aromatic heterocycles. The van der Waals surface area contributed by atoms with Gasteiger partial charge in [-0.05, 0) is 6.58 Å². The van der Waals surface area contributed by atoms with E-state index in [0.29, 0.717) is 0 Å². The van der Waals surface area contributed by atoms with Crippen molar-refractivity contribution >= 4 is 5.91 Å². The van der Waals surface area contributed by atoms with E-state index in [0.717, 1.165) is 6.20 Å². The zero-order valence-corrected chi connectivity index (χ0v) is 5.29. The van der Waals surface area contributed by atoms with Crippen molar-refractivity contribution in [1.29, 1.82) is 0 Å². The van der Waals surface area contributed by atoms with Crippen LogP contribution in [0, 0.1) is 0 Å². The average molecular weight is 143 g/mol. The van der Waals surface area contributed by atoms with E-state index in [9.17, 15) is 4.79 Å². The third-order valence-electron chi connectivity index (χ3n) is 0.679. The molecule has 0 heterocycles. The van der Waals surface area contributed by atoms with E-state index >= 15 is 0 Å². The quantitative estimate of drug-likeness (QED) is 0.297. The highest BCUT2D eigenvalue weighted by Crippen LogP contribution is 1.79. The van der Waals surface area contributed by atoms with Crippen molar-refractivity contribution in [2.24, 2.45) is 11.5 Å². The lowest BCUT2D eigenvalue weighted by molar-refractivity contribution is -0.114. The molecule has 0 saturated heterocycles. The van der Waals surface area contributed by atoms with Gasteiger partial charge in [-0.15, -0.1) is 0 Å². The monoisotopic (exact) mass is 143 g/mol. The summed E-state index contributed by atoms with van der Waals surface area (Å²) in [5.41, 5.74) is 9.60. The molecule has 0 spiro atoms. The molecule has 0 aromatic rings. The molecule has 6 N–H and O–H groups in total. The molecule has 5 heteroatoms. The summed E-state index contributed by atoms with van der Waals surface area (Å²) in [6.07, 6.45) is 1.06. The van der Waals surface area contributed by atoms with Crippen molar-refractivity contribution in [3.63, 3.8) is 0 Å². The van der Waals surface area contributed by atoms with Crippen molar-refractivity contribution in [2.45, 2.75) is 0 Å². The number of amides is 1. The fourth-order valence-electron chi connectivity index (χ4n) is 0.232. The summed E-state index contributed by atoms with van der Waals surface area (Å²) in [7, 11) is 0. The molecule has 5 nitrogen and oxygen atoms in total. The first-order valence-corrected chi connectivity index (χ1v) is 2.44. The molecular formula is C5H9N3O2. The molecule has 0 fully saturated rings. The van der Waals surface area contributed by atoms with Gasteiger partial charge in [0.15, 0.2) is 5.88 Å². The van der Waals surface area contributed by atoms with Crippen molar-refractivity contribution in [1.82, 2.24) is 5.32 Å². The fourth-order valence-corrected chi connectivity index (χ4v) is 0.232. The third-order valence-corrected chi connectivity index (χ3v) is 0.679. The summed E-state index contributed by atoms with van der Waals surface area (Å²) in [5, 5.41) is 10.6. The first-order valence-electron chi connectivity index (χ1n) is 2.44. The number of hydrogen-bond acceptors (Lipinski definition) is 4. The van der Waals surface area contributed by atoms with Gasteiger partial charge in [0.1, 0.15) is 5.70 Å². The third kappa shape index (κ3) is 3.36. The minimum absolute atomic E-state index is 0.171. The van der Waals surface area contributed by atoms with Gasteiger partial charge in [-0.1, -0.05) is 0 Å². The number of carbonyl (C=O) groups excluding carboxylic acids is 1. The number of nitrogens with two attached hydrogens (primary N) is 2. The van der Waals surface area contributed by atoms with Crippen molar-refractivity contribution in [2.75, 3.05) is 0 Å². The Labute approximate surface area is 58.0 Å². The molecule has 0 rings (SSSR count). The van der Waals surface area contributed by atoms with Crippen LogP contribution in [0.5, 0.6) is 0 Å². The normalized spacial score (nSPS) is 10.6. The first-order chi connectivity index (χ1) is 4.54. The topological polar surface area (TPSA) is 101 Å². The van der Waals surface area contributed by atoms with Crippen LogP contribution in [-0.4, -0.2) is 11.0 Å². The number of aliphatic hydroxyl groups excluding tert-OH is 1. The second-order valence-electron chi connectivity index (χ2n) is 1.55. The largest absolute Gasteiger partial charge is 0.495 e. The van der Waals surface area contributed by atoms with Crippen molar-refractivity contribution in [3.8, 4) is 0 Å². The van der Waals surface area contributed by atoms with Gasteiger partial charge in [0.25, 0.3) is 5.91 Å². The van der Waals surface area contributed by atoms with Gasteiger partial charge >= 0.3 is 0 Å². The summed E-state index contributed by atoms with van der Waals surface area (Å²) in [6, 6.07) is 0. The second-order valence-corrected chi connectivity index (χ2v) is 1.55. The van der Waals surface area contributed by atoms with E-state index in [2.05, 4.69) is 11.9 Å². The lowest BCUT2D eigenvalue weighted by Crippen LogP contribution is -2.22. The van der Waals surface area contributed by atoms with Gasteiger partial charge in [-0.25, -0.2) is 0 Å². The predicted molar refractivity (Wildman–Crippen MR) is 36.4 cm³/mol. The molecule has 0 aliphatic rings. The highest BCUT2D eigenvalue weighted by molar-refractivity contribution is 5.90. The van der Waals surface area contributed by atoms with Crippen LogP contribution in [0.15, 0.2) is 24.4 Å². The Morgan fingerprint density at radius 1 is 1.60 bits per heavy atom. The van der Waals surface area contributed by atoms with Gasteiger partial charge in [-0.2, -0.15) is 0 Å². The molecule has 0 bridgehead atoms. The molecule has 0 atom stereocenters. The Kier molecular flexibility index (Phi) is 2.83. The highest BCUT2D eigenvalue weighted by atomic mass is 16.3. The Balaban J connectivity index is 3.92. The summed E-state index contributed by atoms with van der Waals surface area (Å²) in [6.45, 7) is 3.08. The summed E-state index contributed by atoms with van der Waals surface area (Å²) >= 11 is 0. The zero-order valence-electron chi connectivity index (χ0n) is 5.29. The fraction of sp³-hybridized carbons (Fsp3) is 0. The molecule has 1 amide bonds. The van der Waals surface area contributed by atoms with Gasteiger partial charge in [-0.3, -0.25) is 4.79 Å². The summed E-state index contributed by atoms with van der Waals surface area (Å²) < 4.78 is 0. The number of hydrogen-bond donors (Lipinski definition) is 4. The maximum atomic E-state index is 10.2. The number of nitrogens with one attached hydrogen (secondary N) is 1. The van der Waals surface area contributed by atoms with Gasteiger partial charge in [0.05, 0.1) is 0 Å². The number of carbonyl (C=O) groups is 1. The van der Waals surface area contributed by atoms with E-state index in [1.165, 1.54) is 0 Å². The van der Waals surface area contributed by atoms with Crippen LogP contribution in [0.2, 0.25) is 0 Å². The van der Waals surface area contributed by atoms with Crippen LogP contribution < -0.4 is 16.8 Å². The Morgan fingerprint density at radius 2 is 2.10 bits per heavy atom. The zero-order chi connectivity index (χ0) is 8.15. The number of aliphatic hydroxyl groups is 1. The van der Waals surface area contributed by atoms with Gasteiger partial charge in [0.2, 0.25) is 0 Å². The molecule has 0 saturated carbocycles. The van der Waals surface area contributed by atoms with Crippen LogP contribution in [0.25, 0.3) is 0 Å². The SMILES string of the molecule is C=C(O)NC=C(N)C(N)=O. The van der Waals surface area contributed by atoms with Gasteiger partial charge in [0, 0.05) is 6.20 Å². The van der Waals surface area contributed by atoms with E-state index < -0.39 is 5.91 Å². The molecule has 10 heavy (non-hydrogen) atoms. The van der Waals surface area contributed by atoms with Crippen molar-refractivity contribution in [3.05, 3.63) is 24.4 Å². The summed E-state index contributed by atoms with van der Waals surface area (Å²) in [5.74, 6) is -1.06. The van der Waals surface area contributed by atoms with Crippen LogP contribution >= 0.6 is 0 Å². The standard InChI is InChI=1S/C5H9N3O2/c1-3(9)8-2-4(6)5(7)10/h2,8-9H,1,6H2,(H2,7,10). The van der Waals surface area contributed by atoms with Crippen LogP contribution in [-0.2, 0) is 4.79 Å². The minimum Gasteiger partial charge on any atom is -0.495 e. The van der Waals surface area contributed by atoms with Crippen LogP contribution in [0.4, 0.5) is 0 Å². The van der Waals surface area contributed by atoms with Gasteiger partial charge < -0.3 is 21.9 Å². The summed E-state index contributed by atoms with van der Waals surface area (Å²) in [4.78, 5) is 10.2. The van der Waals surface area contributed by atoms with Crippen LogP contribution in [0.3, 0.4) is 0 Å². The maximum Gasteiger partial charge on any atom is 0.266 e. The molecule has 0 aromatic carbocycles. The smallest absolute Gasteiger partial charge is 0.266 e. The predicted octanol–water partition coefficient (Wildman–Crippen LogP) is -1.11. The Bertz CT molecular complexity index is 185. The lowest BCUT2D eigenvalue weighted by atomic mass is 10.5. The maximum absolute atomic E-state index is 10.2. The Hall–Kier alpha value is -1.65. The number of rotatable bonds is 3. The van der Waals surface area contributed by atoms with E-state index in [-0.39, 0.29) is 11.6 Å². The molecule has 56 valence electrons. The Morgan fingerprint density at radius 3 is 2.40 bits per heavy atom. The molecule has 0 unspecified atom stereocenters. The van der Waals surface area contributed by atoms with E-state index in [1.807, 2.05) is 0 Å². The first kappa shape index (κ1) is 8.35. The average Bonchev–Trinajstić information content (AvgIpc) is 1.82. The lowest BCUT2D eigenvalue weighted by Gasteiger charge is -1.96. The molecular weight excluding hydrogens is 134 g/mol. The van der Waals surface area contributed by atoms with E-state index in [1.54, 1.807) is 0 Å². The van der Waals surface area contributed by atoms with E-state index in [4.69, 9.17) is 16.6 Å².